The van der Waals surface area contributed by atoms with Crippen molar-refractivity contribution in [1.82, 2.24) is 4.98 Å². The number of nitro groups is 1. The van der Waals surface area contributed by atoms with Crippen molar-refractivity contribution >= 4 is 5.82 Å². The van der Waals surface area contributed by atoms with E-state index in [1.807, 2.05) is 0 Å². The highest BCUT2D eigenvalue weighted by molar-refractivity contribution is 5.50. The van der Waals surface area contributed by atoms with Crippen LogP contribution in [0.2, 0.25) is 0 Å². The molecule has 1 heterocycles. The van der Waals surface area contributed by atoms with Crippen molar-refractivity contribution in [2.24, 2.45) is 5.73 Å². The second-order valence-electron chi connectivity index (χ2n) is 2.76. The van der Waals surface area contributed by atoms with E-state index in [4.69, 9.17) is 11.0 Å². The van der Waals surface area contributed by atoms with Crippen LogP contribution in [-0.2, 0) is 6.54 Å². The number of hydrogen-bond donors (Lipinski definition) is 1. The van der Waals surface area contributed by atoms with Crippen LogP contribution in [0.4, 0.5) is 14.6 Å². The zero-order valence-corrected chi connectivity index (χ0v) is 7.85. The minimum atomic E-state index is -2.92. The van der Waals surface area contributed by atoms with E-state index >= 15 is 0 Å². The second-order valence-corrected chi connectivity index (χ2v) is 2.76. The first-order chi connectivity index (χ1) is 7.52. The summed E-state index contributed by atoms with van der Waals surface area (Å²) < 4.78 is 24.9. The van der Waals surface area contributed by atoms with Crippen LogP contribution in [0.1, 0.15) is 23.1 Å². The van der Waals surface area contributed by atoms with Crippen molar-refractivity contribution in [3.05, 3.63) is 33.0 Å². The maximum absolute atomic E-state index is 12.5. The summed E-state index contributed by atoms with van der Waals surface area (Å²) in [6.07, 6.45) is -2.30. The quantitative estimate of drug-likeness (QED) is 0.619. The molecule has 0 radical (unpaired) electrons. The Labute approximate surface area is 88.5 Å². The van der Waals surface area contributed by atoms with Gasteiger partial charge in [-0.25, -0.2) is 8.78 Å². The molecule has 1 aromatic heterocycles. The normalized spacial score (nSPS) is 10.2. The zero-order valence-electron chi connectivity index (χ0n) is 7.85. The van der Waals surface area contributed by atoms with Gasteiger partial charge in [0.25, 0.3) is 6.43 Å². The predicted molar refractivity (Wildman–Crippen MR) is 48.5 cm³/mol. The molecule has 0 unspecified atom stereocenters. The third-order valence-corrected chi connectivity index (χ3v) is 1.91. The zero-order chi connectivity index (χ0) is 12.3. The van der Waals surface area contributed by atoms with E-state index in [1.165, 1.54) is 6.07 Å². The number of halogens is 2. The van der Waals surface area contributed by atoms with Crippen LogP contribution in [0.15, 0.2) is 6.20 Å². The first-order valence-electron chi connectivity index (χ1n) is 4.07. The van der Waals surface area contributed by atoms with Gasteiger partial charge in [-0.3, -0.25) is 0 Å². The Morgan fingerprint density at radius 2 is 2.31 bits per heavy atom. The number of nitrogens with zero attached hydrogens (tertiary/aromatic N) is 3. The van der Waals surface area contributed by atoms with Crippen molar-refractivity contribution in [2.75, 3.05) is 0 Å². The molecule has 0 saturated heterocycles. The number of pyridine rings is 1. The molecule has 6 nitrogen and oxygen atoms in total. The van der Waals surface area contributed by atoms with Gasteiger partial charge in [0.05, 0.1) is 16.7 Å². The van der Waals surface area contributed by atoms with Gasteiger partial charge in [0.2, 0.25) is 0 Å². The fourth-order valence-electron chi connectivity index (χ4n) is 1.21. The van der Waals surface area contributed by atoms with Gasteiger partial charge < -0.3 is 15.8 Å². The van der Waals surface area contributed by atoms with Crippen LogP contribution in [0.3, 0.4) is 0 Å². The molecular formula is C8H6F2N4O2. The average Bonchev–Trinajstić information content (AvgIpc) is 2.26. The summed E-state index contributed by atoms with van der Waals surface area (Å²) in [6.45, 7) is -0.396. The van der Waals surface area contributed by atoms with E-state index in [2.05, 4.69) is 4.98 Å². The SMILES string of the molecule is N#Cc1c(C(F)F)cnc([N+](=O)[O-])c1CN. The number of nitrogens with two attached hydrogens (primary N) is 1. The minimum absolute atomic E-state index is 0.273. The van der Waals surface area contributed by atoms with Crippen molar-refractivity contribution in [2.45, 2.75) is 13.0 Å². The average molecular weight is 228 g/mol. The molecule has 0 bridgehead atoms. The maximum atomic E-state index is 12.5. The van der Waals surface area contributed by atoms with Gasteiger partial charge in [0, 0.05) is 6.54 Å². The molecule has 0 spiro atoms. The molecule has 1 rings (SSSR count). The standard InChI is InChI=1S/C8H6F2N4O2/c9-7(10)6-3-13-8(14(15)16)5(2-12)4(6)1-11/h3,7H,2,12H2. The molecule has 84 valence electrons. The van der Waals surface area contributed by atoms with Crippen LogP contribution in [0.5, 0.6) is 0 Å². The molecule has 0 aliphatic carbocycles. The highest BCUT2D eigenvalue weighted by Gasteiger charge is 2.25. The second kappa shape index (κ2) is 4.59. The van der Waals surface area contributed by atoms with Crippen molar-refractivity contribution in [3.8, 4) is 6.07 Å². The molecule has 2 N–H and O–H groups in total. The van der Waals surface area contributed by atoms with E-state index < -0.39 is 34.8 Å². The lowest BCUT2D eigenvalue weighted by Crippen LogP contribution is -2.09. The highest BCUT2D eigenvalue weighted by atomic mass is 19.3. The van der Waals surface area contributed by atoms with E-state index in [9.17, 15) is 18.9 Å². The maximum Gasteiger partial charge on any atom is 0.369 e. The number of hydrogen-bond acceptors (Lipinski definition) is 5. The molecule has 0 saturated carbocycles. The smallest absolute Gasteiger partial charge is 0.358 e. The summed E-state index contributed by atoms with van der Waals surface area (Å²) in [4.78, 5) is 12.9. The fourth-order valence-corrected chi connectivity index (χ4v) is 1.21. The molecular weight excluding hydrogens is 222 g/mol. The summed E-state index contributed by atoms with van der Waals surface area (Å²) in [5.74, 6) is -0.663. The predicted octanol–water partition coefficient (Wildman–Crippen LogP) is 1.26. The van der Waals surface area contributed by atoms with Gasteiger partial charge in [-0.2, -0.15) is 5.26 Å². The lowest BCUT2D eigenvalue weighted by molar-refractivity contribution is -0.390. The Bertz CT molecular complexity index is 470. The molecule has 16 heavy (non-hydrogen) atoms. The Hall–Kier alpha value is -2.14. The van der Waals surface area contributed by atoms with Crippen LogP contribution in [0, 0.1) is 21.4 Å². The molecule has 0 atom stereocenters. The highest BCUT2D eigenvalue weighted by Crippen LogP contribution is 2.28. The van der Waals surface area contributed by atoms with Crippen molar-refractivity contribution < 1.29 is 13.7 Å². The molecule has 0 aliphatic heterocycles. The number of rotatable bonds is 3. The first kappa shape index (κ1) is 11.9. The topological polar surface area (TPSA) is 106 Å². The Kier molecular flexibility index (Phi) is 3.42. The summed E-state index contributed by atoms with van der Waals surface area (Å²) in [7, 11) is 0. The Morgan fingerprint density at radius 3 is 2.69 bits per heavy atom. The molecule has 8 heteroatoms. The van der Waals surface area contributed by atoms with E-state index in [0.717, 1.165) is 0 Å². The number of alkyl halides is 2. The summed E-state index contributed by atoms with van der Waals surface area (Å²) in [5.41, 5.74) is 3.80. The molecule has 0 fully saturated rings. The van der Waals surface area contributed by atoms with Gasteiger partial charge in [-0.05, 0) is 9.91 Å². The van der Waals surface area contributed by atoms with Gasteiger partial charge in [-0.1, -0.05) is 0 Å². The van der Waals surface area contributed by atoms with Crippen molar-refractivity contribution in [3.63, 3.8) is 0 Å². The van der Waals surface area contributed by atoms with Gasteiger partial charge in [-0.15, -0.1) is 0 Å². The molecule has 0 aromatic carbocycles. The number of aromatic nitrogens is 1. The molecule has 0 amide bonds. The van der Waals surface area contributed by atoms with Crippen LogP contribution < -0.4 is 5.73 Å². The van der Waals surface area contributed by atoms with Gasteiger partial charge in [0.1, 0.15) is 6.07 Å². The first-order valence-corrected chi connectivity index (χ1v) is 4.07. The Morgan fingerprint density at radius 1 is 1.69 bits per heavy atom. The van der Waals surface area contributed by atoms with Gasteiger partial charge in [0.15, 0.2) is 6.20 Å². The third kappa shape index (κ3) is 1.94. The monoisotopic (exact) mass is 228 g/mol. The van der Waals surface area contributed by atoms with Crippen LogP contribution in [0.25, 0.3) is 0 Å². The van der Waals surface area contributed by atoms with Crippen molar-refractivity contribution in [1.29, 1.82) is 5.26 Å². The Balaban J connectivity index is 3.54. The third-order valence-electron chi connectivity index (χ3n) is 1.91. The summed E-state index contributed by atoms with van der Waals surface area (Å²) in [6, 6.07) is 1.49. The lowest BCUT2D eigenvalue weighted by Gasteiger charge is -2.05. The largest absolute Gasteiger partial charge is 0.369 e. The molecule has 1 aromatic rings. The van der Waals surface area contributed by atoms with E-state index in [-0.39, 0.29) is 5.56 Å². The fraction of sp³-hybridized carbons (Fsp3) is 0.250. The van der Waals surface area contributed by atoms with E-state index in [1.54, 1.807) is 0 Å². The minimum Gasteiger partial charge on any atom is -0.358 e. The van der Waals surface area contributed by atoms with Crippen LogP contribution >= 0.6 is 0 Å². The number of nitriles is 1. The summed E-state index contributed by atoms with van der Waals surface area (Å²) in [5, 5.41) is 19.2. The molecule has 0 aliphatic rings. The van der Waals surface area contributed by atoms with E-state index in [0.29, 0.717) is 6.20 Å². The summed E-state index contributed by atoms with van der Waals surface area (Å²) >= 11 is 0. The van der Waals surface area contributed by atoms with Gasteiger partial charge >= 0.3 is 5.82 Å². The van der Waals surface area contributed by atoms with Crippen LogP contribution in [-0.4, -0.2) is 9.91 Å². The lowest BCUT2D eigenvalue weighted by atomic mass is 10.0.